The van der Waals surface area contributed by atoms with Crippen LogP contribution in [0.25, 0.3) is 5.69 Å². The van der Waals surface area contributed by atoms with Crippen molar-refractivity contribution in [3.05, 3.63) is 82.7 Å². The van der Waals surface area contributed by atoms with Crippen molar-refractivity contribution in [3.8, 4) is 5.69 Å². The Bertz CT molecular complexity index is 981. The van der Waals surface area contributed by atoms with Crippen molar-refractivity contribution >= 4 is 5.78 Å². The van der Waals surface area contributed by atoms with E-state index in [1.165, 1.54) is 16.8 Å². The molecule has 1 aromatic heterocycles. The van der Waals surface area contributed by atoms with Gasteiger partial charge in [0.05, 0.1) is 6.20 Å². The van der Waals surface area contributed by atoms with Crippen LogP contribution in [0.1, 0.15) is 47.1 Å². The highest BCUT2D eigenvalue weighted by molar-refractivity contribution is 5.94. The Labute approximate surface area is 156 Å². The van der Waals surface area contributed by atoms with Crippen LogP contribution in [0.4, 0.5) is 8.78 Å². The maximum Gasteiger partial charge on any atom is 0.159 e. The van der Waals surface area contributed by atoms with Crippen LogP contribution in [0.2, 0.25) is 0 Å². The van der Waals surface area contributed by atoms with Gasteiger partial charge >= 0.3 is 0 Å². The Morgan fingerprint density at radius 2 is 2.00 bits per heavy atom. The van der Waals surface area contributed by atoms with Gasteiger partial charge in [0, 0.05) is 35.5 Å². The smallest absolute Gasteiger partial charge is 0.159 e. The highest BCUT2D eigenvalue weighted by Gasteiger charge is 2.16. The summed E-state index contributed by atoms with van der Waals surface area (Å²) in [6, 6.07) is 10.9. The van der Waals surface area contributed by atoms with Gasteiger partial charge in [0.1, 0.15) is 11.5 Å². The fraction of sp³-hybridized carbons (Fsp3) is 0.238. The van der Waals surface area contributed by atoms with Crippen molar-refractivity contribution in [1.82, 2.24) is 15.1 Å². The van der Waals surface area contributed by atoms with E-state index in [9.17, 15) is 13.6 Å². The van der Waals surface area contributed by atoms with Gasteiger partial charge in [-0.2, -0.15) is 5.10 Å². The Morgan fingerprint density at radius 3 is 2.70 bits per heavy atom. The largest absolute Gasteiger partial charge is 0.306 e. The molecule has 0 bridgehead atoms. The minimum Gasteiger partial charge on any atom is -0.306 e. The lowest BCUT2D eigenvalue weighted by Gasteiger charge is -2.15. The molecule has 140 valence electrons. The van der Waals surface area contributed by atoms with Gasteiger partial charge in [-0.25, -0.2) is 13.5 Å². The zero-order valence-corrected chi connectivity index (χ0v) is 15.5. The summed E-state index contributed by atoms with van der Waals surface area (Å²) in [6.45, 7) is 5.96. The number of nitrogens with one attached hydrogen (secondary N) is 1. The number of benzene rings is 2. The van der Waals surface area contributed by atoms with Crippen LogP contribution < -0.4 is 5.32 Å². The van der Waals surface area contributed by atoms with Gasteiger partial charge in [-0.1, -0.05) is 18.2 Å². The molecule has 1 atom stereocenters. The molecule has 3 aromatic rings. The fourth-order valence-corrected chi connectivity index (χ4v) is 3.02. The summed E-state index contributed by atoms with van der Waals surface area (Å²) >= 11 is 0. The monoisotopic (exact) mass is 369 g/mol. The molecule has 4 nitrogen and oxygen atoms in total. The van der Waals surface area contributed by atoms with Crippen LogP contribution in [0.5, 0.6) is 0 Å². The van der Waals surface area contributed by atoms with Gasteiger partial charge in [-0.3, -0.25) is 4.79 Å². The Balaban J connectivity index is 1.76. The van der Waals surface area contributed by atoms with E-state index in [-0.39, 0.29) is 17.5 Å². The fourth-order valence-electron chi connectivity index (χ4n) is 3.02. The van der Waals surface area contributed by atoms with Crippen molar-refractivity contribution in [2.45, 2.75) is 33.4 Å². The molecule has 0 radical (unpaired) electrons. The molecule has 6 heteroatoms. The Hall–Kier alpha value is -2.86. The van der Waals surface area contributed by atoms with Crippen molar-refractivity contribution in [2.24, 2.45) is 0 Å². The number of carbonyl (C=O) groups excluding carboxylic acids is 1. The van der Waals surface area contributed by atoms with E-state index in [4.69, 9.17) is 0 Å². The number of ketones is 1. The summed E-state index contributed by atoms with van der Waals surface area (Å²) in [6.07, 6.45) is 1.68. The second-order valence-corrected chi connectivity index (χ2v) is 6.55. The van der Waals surface area contributed by atoms with Crippen molar-refractivity contribution in [3.63, 3.8) is 0 Å². The summed E-state index contributed by atoms with van der Waals surface area (Å²) in [7, 11) is 0. The number of Topliss-reactive ketones (excluding diaryl/α,β-unsaturated/α-hetero) is 1. The Morgan fingerprint density at radius 1 is 1.22 bits per heavy atom. The van der Waals surface area contributed by atoms with E-state index < -0.39 is 11.6 Å². The quantitative estimate of drug-likeness (QED) is 0.650. The van der Waals surface area contributed by atoms with Crippen LogP contribution in [0, 0.1) is 18.6 Å². The summed E-state index contributed by atoms with van der Waals surface area (Å²) in [4.78, 5) is 11.5. The number of aromatic nitrogens is 2. The minimum absolute atomic E-state index is 0.0309. The molecule has 1 N–H and O–H groups in total. The maximum atomic E-state index is 14.1. The van der Waals surface area contributed by atoms with Crippen LogP contribution in [0.15, 0.2) is 48.7 Å². The van der Waals surface area contributed by atoms with Crippen molar-refractivity contribution in [2.75, 3.05) is 0 Å². The average molecular weight is 369 g/mol. The van der Waals surface area contributed by atoms with E-state index in [1.54, 1.807) is 19.2 Å². The average Bonchev–Trinajstić information content (AvgIpc) is 3.01. The van der Waals surface area contributed by atoms with Crippen molar-refractivity contribution < 1.29 is 13.6 Å². The van der Waals surface area contributed by atoms with Gasteiger partial charge in [0.2, 0.25) is 0 Å². The molecular formula is C21H21F2N3O. The first kappa shape index (κ1) is 18.9. The minimum atomic E-state index is -0.658. The van der Waals surface area contributed by atoms with Gasteiger partial charge in [0.15, 0.2) is 11.6 Å². The van der Waals surface area contributed by atoms with Gasteiger partial charge in [0.25, 0.3) is 0 Å². The number of carbonyl (C=O) groups is 1. The zero-order valence-electron chi connectivity index (χ0n) is 15.5. The lowest BCUT2D eigenvalue weighted by molar-refractivity contribution is 0.101. The molecule has 27 heavy (non-hydrogen) atoms. The summed E-state index contributed by atoms with van der Waals surface area (Å²) in [5.41, 5.74) is 3.59. The van der Waals surface area contributed by atoms with Crippen LogP contribution in [0.3, 0.4) is 0 Å². The van der Waals surface area contributed by atoms with Gasteiger partial charge in [-0.15, -0.1) is 0 Å². The molecule has 0 aliphatic carbocycles. The first-order chi connectivity index (χ1) is 12.9. The molecular weight excluding hydrogens is 348 g/mol. The summed E-state index contributed by atoms with van der Waals surface area (Å²) in [5.74, 6) is -1.25. The van der Waals surface area contributed by atoms with E-state index in [1.807, 2.05) is 32.0 Å². The normalized spacial score (nSPS) is 12.2. The highest BCUT2D eigenvalue weighted by atomic mass is 19.1. The lowest BCUT2D eigenvalue weighted by atomic mass is 10.1. The van der Waals surface area contributed by atoms with Crippen molar-refractivity contribution in [1.29, 1.82) is 0 Å². The SMILES string of the molecule is CC(=O)c1cccc(CN[C@@H](C)c2cnn(-c3ccc(F)cc3F)c2C)c1. The molecule has 0 saturated carbocycles. The molecule has 0 unspecified atom stereocenters. The van der Waals surface area contributed by atoms with Crippen LogP contribution >= 0.6 is 0 Å². The second kappa shape index (κ2) is 7.80. The molecule has 0 spiro atoms. The molecule has 3 rings (SSSR count). The Kier molecular flexibility index (Phi) is 5.46. The molecule has 0 aliphatic rings. The van der Waals surface area contributed by atoms with E-state index in [0.29, 0.717) is 12.1 Å². The highest BCUT2D eigenvalue weighted by Crippen LogP contribution is 2.22. The van der Waals surface area contributed by atoms with Gasteiger partial charge in [-0.05, 0) is 44.5 Å². The first-order valence-corrected chi connectivity index (χ1v) is 8.70. The van der Waals surface area contributed by atoms with E-state index in [2.05, 4.69) is 10.4 Å². The summed E-state index contributed by atoms with van der Waals surface area (Å²) < 4.78 is 28.7. The molecule has 0 fully saturated rings. The van der Waals surface area contributed by atoms with Crippen LogP contribution in [-0.2, 0) is 6.54 Å². The number of halogens is 2. The number of hydrogen-bond acceptors (Lipinski definition) is 3. The lowest BCUT2D eigenvalue weighted by Crippen LogP contribution is -2.19. The number of hydrogen-bond donors (Lipinski definition) is 1. The third-order valence-electron chi connectivity index (χ3n) is 4.60. The number of nitrogens with zero attached hydrogens (tertiary/aromatic N) is 2. The standard InChI is InChI=1S/C21H21F2N3O/c1-13(24-11-16-5-4-6-17(9-16)15(3)27)19-12-25-26(14(19)2)21-8-7-18(22)10-20(21)23/h4-10,12-13,24H,11H2,1-3H3/t13-/m0/s1. The molecule has 2 aromatic carbocycles. The summed E-state index contributed by atoms with van der Waals surface area (Å²) in [5, 5.41) is 7.65. The third kappa shape index (κ3) is 4.11. The third-order valence-corrected chi connectivity index (χ3v) is 4.60. The second-order valence-electron chi connectivity index (χ2n) is 6.55. The molecule has 0 aliphatic heterocycles. The maximum absolute atomic E-state index is 14.1. The predicted molar refractivity (Wildman–Crippen MR) is 99.9 cm³/mol. The molecule has 0 saturated heterocycles. The number of rotatable bonds is 6. The van der Waals surface area contributed by atoms with E-state index in [0.717, 1.165) is 22.9 Å². The molecule has 0 amide bonds. The molecule has 1 heterocycles. The van der Waals surface area contributed by atoms with Crippen LogP contribution in [-0.4, -0.2) is 15.6 Å². The first-order valence-electron chi connectivity index (χ1n) is 8.70. The predicted octanol–water partition coefficient (Wildman–Crippen LogP) is 4.51. The van der Waals surface area contributed by atoms with Gasteiger partial charge < -0.3 is 5.32 Å². The van der Waals surface area contributed by atoms with E-state index >= 15 is 0 Å². The topological polar surface area (TPSA) is 46.9 Å². The zero-order chi connectivity index (χ0) is 19.6.